The number of benzene rings is 2. The van der Waals surface area contributed by atoms with E-state index in [-0.39, 0.29) is 18.6 Å². The van der Waals surface area contributed by atoms with Gasteiger partial charge in [0, 0.05) is 24.9 Å². The fourth-order valence-corrected chi connectivity index (χ4v) is 4.38. The topological polar surface area (TPSA) is 59.1 Å². The molecule has 7 heteroatoms. The van der Waals surface area contributed by atoms with E-state index in [9.17, 15) is 9.59 Å². The largest absolute Gasteiger partial charge is 0.454 e. The van der Waals surface area contributed by atoms with Gasteiger partial charge >= 0.3 is 0 Å². The molecule has 27 heavy (non-hydrogen) atoms. The monoisotopic (exact) mass is 384 g/mol. The first kappa shape index (κ1) is 17.7. The van der Waals surface area contributed by atoms with E-state index < -0.39 is 6.04 Å². The molecule has 1 fully saturated rings. The van der Waals surface area contributed by atoms with E-state index in [0.29, 0.717) is 29.5 Å². The van der Waals surface area contributed by atoms with E-state index in [4.69, 9.17) is 9.47 Å². The molecule has 6 nitrogen and oxygen atoms in total. The molecule has 0 radical (unpaired) electrons. The van der Waals surface area contributed by atoms with E-state index in [1.54, 1.807) is 40.7 Å². The van der Waals surface area contributed by atoms with Crippen molar-refractivity contribution in [3.63, 3.8) is 0 Å². The predicted molar refractivity (Wildman–Crippen MR) is 103 cm³/mol. The number of fused-ring (bicyclic) bond motifs is 1. The average Bonchev–Trinajstić information content (AvgIpc) is 3.36. The molecule has 1 atom stereocenters. The van der Waals surface area contributed by atoms with Crippen LogP contribution < -0.4 is 9.47 Å². The van der Waals surface area contributed by atoms with E-state index in [1.165, 1.54) is 0 Å². The van der Waals surface area contributed by atoms with Crippen molar-refractivity contribution in [2.75, 3.05) is 25.5 Å². The summed E-state index contributed by atoms with van der Waals surface area (Å²) < 4.78 is 10.7. The van der Waals surface area contributed by atoms with Gasteiger partial charge in [0.2, 0.25) is 12.7 Å². The smallest absolute Gasteiger partial charge is 0.255 e. The van der Waals surface area contributed by atoms with Gasteiger partial charge in [0.1, 0.15) is 6.04 Å². The molecular formula is C20H20N2O4S. The molecule has 0 unspecified atom stereocenters. The van der Waals surface area contributed by atoms with Crippen molar-refractivity contribution in [1.29, 1.82) is 0 Å². The minimum absolute atomic E-state index is 0.0538. The van der Waals surface area contributed by atoms with Gasteiger partial charge in [-0.15, -0.1) is 11.8 Å². The molecule has 2 aromatic rings. The van der Waals surface area contributed by atoms with Crippen molar-refractivity contribution in [3.8, 4) is 11.5 Å². The fraction of sp³-hybridized carbons (Fsp3) is 0.300. The van der Waals surface area contributed by atoms with Crippen LogP contribution in [0.25, 0.3) is 0 Å². The highest BCUT2D eigenvalue weighted by Gasteiger charge is 2.36. The molecule has 0 aromatic heterocycles. The zero-order chi connectivity index (χ0) is 18.8. The number of thioether (sulfide) groups is 1. The third-order valence-corrected chi connectivity index (χ3v) is 5.69. The van der Waals surface area contributed by atoms with Gasteiger partial charge in [-0.3, -0.25) is 9.59 Å². The number of amides is 2. The van der Waals surface area contributed by atoms with Crippen molar-refractivity contribution in [2.45, 2.75) is 12.6 Å². The van der Waals surface area contributed by atoms with E-state index in [0.717, 1.165) is 11.3 Å². The van der Waals surface area contributed by atoms with Crippen molar-refractivity contribution < 1.29 is 19.1 Å². The van der Waals surface area contributed by atoms with Crippen LogP contribution in [0.3, 0.4) is 0 Å². The van der Waals surface area contributed by atoms with Gasteiger partial charge in [-0.1, -0.05) is 24.3 Å². The molecule has 4 rings (SSSR count). The summed E-state index contributed by atoms with van der Waals surface area (Å²) in [6, 6.07) is 14.3. The molecule has 0 N–H and O–H groups in total. The lowest BCUT2D eigenvalue weighted by Gasteiger charge is -2.27. The van der Waals surface area contributed by atoms with Gasteiger partial charge in [-0.2, -0.15) is 0 Å². The van der Waals surface area contributed by atoms with Crippen LogP contribution in [0.2, 0.25) is 0 Å². The molecule has 2 aliphatic rings. The summed E-state index contributed by atoms with van der Waals surface area (Å²) in [5.74, 6) is 2.41. The highest BCUT2D eigenvalue weighted by atomic mass is 32.2. The number of ether oxygens (including phenoxy) is 2. The standard InChI is InChI=1S/C20H20N2O4S/c1-21(10-14-7-8-17-18(9-14)26-13-25-17)20(24)16-11-27-12-22(16)19(23)15-5-3-2-4-6-15/h2-9,16H,10-13H2,1H3/t16-/m0/s1. The van der Waals surface area contributed by atoms with Crippen LogP contribution in [-0.4, -0.2) is 53.1 Å². The first-order valence-electron chi connectivity index (χ1n) is 8.71. The van der Waals surface area contributed by atoms with Crippen LogP contribution in [0.4, 0.5) is 0 Å². The Morgan fingerprint density at radius 3 is 2.74 bits per heavy atom. The molecular weight excluding hydrogens is 364 g/mol. The maximum atomic E-state index is 13.0. The lowest BCUT2D eigenvalue weighted by atomic mass is 10.1. The number of likely N-dealkylation sites (N-methyl/N-ethyl adjacent to an activating group) is 1. The molecule has 0 aliphatic carbocycles. The normalized spacial score (nSPS) is 17.8. The van der Waals surface area contributed by atoms with Crippen molar-refractivity contribution in [1.82, 2.24) is 9.80 Å². The minimum atomic E-state index is -0.443. The molecule has 2 heterocycles. The van der Waals surface area contributed by atoms with Gasteiger partial charge < -0.3 is 19.3 Å². The van der Waals surface area contributed by atoms with Gasteiger partial charge in [-0.05, 0) is 29.8 Å². The maximum Gasteiger partial charge on any atom is 0.255 e. The number of rotatable bonds is 4. The first-order chi connectivity index (χ1) is 13.1. The predicted octanol–water partition coefficient (Wildman–Crippen LogP) is 2.59. The quantitative estimate of drug-likeness (QED) is 0.811. The number of carbonyl (C=O) groups excluding carboxylic acids is 2. The Bertz CT molecular complexity index is 858. The third kappa shape index (κ3) is 3.60. The molecule has 0 bridgehead atoms. The Morgan fingerprint density at radius 2 is 1.93 bits per heavy atom. The fourth-order valence-electron chi connectivity index (χ4n) is 3.24. The molecule has 2 aromatic carbocycles. The van der Waals surface area contributed by atoms with Crippen LogP contribution in [0.1, 0.15) is 15.9 Å². The Hall–Kier alpha value is -2.67. The van der Waals surface area contributed by atoms with E-state index in [1.807, 2.05) is 36.4 Å². The highest BCUT2D eigenvalue weighted by molar-refractivity contribution is 7.99. The van der Waals surface area contributed by atoms with Gasteiger partial charge in [0.25, 0.3) is 5.91 Å². The molecule has 0 saturated carbocycles. The summed E-state index contributed by atoms with van der Waals surface area (Å²) in [6.45, 7) is 0.674. The zero-order valence-electron chi connectivity index (χ0n) is 15.0. The average molecular weight is 384 g/mol. The van der Waals surface area contributed by atoms with Crippen LogP contribution >= 0.6 is 11.8 Å². The lowest BCUT2D eigenvalue weighted by Crippen LogP contribution is -2.47. The summed E-state index contributed by atoms with van der Waals surface area (Å²) >= 11 is 1.60. The van der Waals surface area contributed by atoms with Crippen LogP contribution in [0, 0.1) is 0 Å². The maximum absolute atomic E-state index is 13.0. The second-order valence-electron chi connectivity index (χ2n) is 6.54. The number of carbonyl (C=O) groups is 2. The molecule has 0 spiro atoms. The Balaban J connectivity index is 1.45. The van der Waals surface area contributed by atoms with E-state index >= 15 is 0 Å². The van der Waals surface area contributed by atoms with Crippen molar-refractivity contribution >= 4 is 23.6 Å². The Labute approximate surface area is 162 Å². The van der Waals surface area contributed by atoms with E-state index in [2.05, 4.69) is 0 Å². The Morgan fingerprint density at radius 1 is 1.15 bits per heavy atom. The van der Waals surface area contributed by atoms with Crippen LogP contribution in [0.5, 0.6) is 11.5 Å². The highest BCUT2D eigenvalue weighted by Crippen LogP contribution is 2.33. The van der Waals surface area contributed by atoms with Crippen molar-refractivity contribution in [3.05, 3.63) is 59.7 Å². The zero-order valence-corrected chi connectivity index (χ0v) is 15.8. The molecule has 2 aliphatic heterocycles. The number of nitrogens with zero attached hydrogens (tertiary/aromatic N) is 2. The number of hydrogen-bond acceptors (Lipinski definition) is 5. The Kier molecular flexibility index (Phi) is 4.94. The second-order valence-corrected chi connectivity index (χ2v) is 7.54. The van der Waals surface area contributed by atoms with Gasteiger partial charge in [0.05, 0.1) is 5.88 Å². The minimum Gasteiger partial charge on any atom is -0.454 e. The van der Waals surface area contributed by atoms with Gasteiger partial charge in [0.15, 0.2) is 11.5 Å². The molecule has 140 valence electrons. The number of hydrogen-bond donors (Lipinski definition) is 0. The third-order valence-electron chi connectivity index (χ3n) is 4.68. The van der Waals surface area contributed by atoms with Crippen molar-refractivity contribution in [2.24, 2.45) is 0 Å². The molecule has 1 saturated heterocycles. The molecule has 2 amide bonds. The summed E-state index contributed by atoms with van der Waals surface area (Å²) in [6.07, 6.45) is 0. The van der Waals surface area contributed by atoms with Crippen LogP contribution in [0.15, 0.2) is 48.5 Å². The summed E-state index contributed by atoms with van der Waals surface area (Å²) in [4.78, 5) is 29.1. The summed E-state index contributed by atoms with van der Waals surface area (Å²) in [5, 5.41) is 0. The first-order valence-corrected chi connectivity index (χ1v) is 9.86. The second kappa shape index (κ2) is 7.52. The lowest BCUT2D eigenvalue weighted by molar-refractivity contribution is -0.134. The van der Waals surface area contributed by atoms with Crippen LogP contribution in [-0.2, 0) is 11.3 Å². The van der Waals surface area contributed by atoms with Gasteiger partial charge in [-0.25, -0.2) is 0 Å². The summed E-state index contributed by atoms with van der Waals surface area (Å²) in [5.41, 5.74) is 1.57. The summed E-state index contributed by atoms with van der Waals surface area (Å²) in [7, 11) is 1.76. The SMILES string of the molecule is CN(Cc1ccc2c(c1)OCO2)C(=O)[C@@H]1CSCN1C(=O)c1ccccc1.